The molecule has 1 amide bonds. The molecule has 3 rings (SSSR count). The predicted octanol–water partition coefficient (Wildman–Crippen LogP) is 3.21. The number of benzene rings is 2. The van der Waals surface area contributed by atoms with Crippen LogP contribution in [0.3, 0.4) is 0 Å². The Hall–Kier alpha value is -3.04. The van der Waals surface area contributed by atoms with Gasteiger partial charge in [0.25, 0.3) is 5.91 Å². The van der Waals surface area contributed by atoms with Crippen LogP contribution in [0.15, 0.2) is 48.5 Å². The average Bonchev–Trinajstić information content (AvgIpc) is 3.04. The number of nitriles is 1. The van der Waals surface area contributed by atoms with Gasteiger partial charge in [-0.25, -0.2) is 4.98 Å². The SMILES string of the molecule is Cc1ccc(C(=O)NCC(=O)[C@@H](C#N)c2nc3ccccc3s2)cc1. The number of amides is 1. The first-order valence-corrected chi connectivity index (χ1v) is 8.53. The number of ketones is 1. The molecule has 0 aliphatic rings. The van der Waals surface area contributed by atoms with E-state index in [1.165, 1.54) is 11.3 Å². The van der Waals surface area contributed by atoms with E-state index in [-0.39, 0.29) is 18.2 Å². The van der Waals surface area contributed by atoms with Crippen LogP contribution in [0.2, 0.25) is 0 Å². The van der Waals surface area contributed by atoms with Crippen LogP contribution >= 0.6 is 11.3 Å². The van der Waals surface area contributed by atoms with Gasteiger partial charge >= 0.3 is 0 Å². The van der Waals surface area contributed by atoms with Crippen molar-refractivity contribution < 1.29 is 9.59 Å². The molecule has 1 atom stereocenters. The summed E-state index contributed by atoms with van der Waals surface area (Å²) in [6.45, 7) is 1.72. The average molecular weight is 349 g/mol. The van der Waals surface area contributed by atoms with Crippen LogP contribution in [0, 0.1) is 18.3 Å². The number of rotatable bonds is 5. The molecule has 0 fully saturated rings. The fourth-order valence-electron chi connectivity index (χ4n) is 2.35. The number of para-hydroxylation sites is 1. The first-order valence-electron chi connectivity index (χ1n) is 7.71. The number of carbonyl (C=O) groups excluding carboxylic acids is 2. The molecule has 0 saturated heterocycles. The molecule has 0 bridgehead atoms. The lowest BCUT2D eigenvalue weighted by molar-refractivity contribution is -0.118. The summed E-state index contributed by atoms with van der Waals surface area (Å²) in [5.74, 6) is -1.69. The molecule has 6 heteroatoms. The van der Waals surface area contributed by atoms with Gasteiger partial charge in [-0.2, -0.15) is 5.26 Å². The van der Waals surface area contributed by atoms with Crippen LogP contribution in [0.5, 0.6) is 0 Å². The highest BCUT2D eigenvalue weighted by molar-refractivity contribution is 7.18. The van der Waals surface area contributed by atoms with Gasteiger partial charge < -0.3 is 5.32 Å². The Bertz CT molecular complexity index is 937. The zero-order valence-corrected chi connectivity index (χ0v) is 14.3. The number of nitrogens with zero attached hydrogens (tertiary/aromatic N) is 2. The Morgan fingerprint density at radius 1 is 1.20 bits per heavy atom. The molecule has 1 heterocycles. The normalized spacial score (nSPS) is 11.7. The fraction of sp³-hybridized carbons (Fsp3) is 0.158. The number of aryl methyl sites for hydroxylation is 1. The smallest absolute Gasteiger partial charge is 0.251 e. The fourth-order valence-corrected chi connectivity index (χ4v) is 3.39. The summed E-state index contributed by atoms with van der Waals surface area (Å²) in [6.07, 6.45) is 0. The minimum absolute atomic E-state index is 0.207. The summed E-state index contributed by atoms with van der Waals surface area (Å²) in [6, 6.07) is 16.5. The molecule has 1 aromatic heterocycles. The monoisotopic (exact) mass is 349 g/mol. The van der Waals surface area contributed by atoms with Crippen molar-refractivity contribution in [2.45, 2.75) is 12.8 Å². The lowest BCUT2D eigenvalue weighted by Gasteiger charge is -2.07. The lowest BCUT2D eigenvalue weighted by Crippen LogP contribution is -2.32. The van der Waals surface area contributed by atoms with Crippen molar-refractivity contribution in [3.8, 4) is 6.07 Å². The van der Waals surface area contributed by atoms with Crippen LogP contribution in [-0.4, -0.2) is 23.2 Å². The number of carbonyl (C=O) groups is 2. The first kappa shape index (κ1) is 16.8. The van der Waals surface area contributed by atoms with E-state index < -0.39 is 5.92 Å². The summed E-state index contributed by atoms with van der Waals surface area (Å²) in [7, 11) is 0. The maximum atomic E-state index is 12.4. The van der Waals surface area contributed by atoms with Crippen molar-refractivity contribution >= 4 is 33.2 Å². The van der Waals surface area contributed by atoms with E-state index in [0.29, 0.717) is 10.6 Å². The van der Waals surface area contributed by atoms with Crippen molar-refractivity contribution in [3.63, 3.8) is 0 Å². The number of thiazole rings is 1. The Morgan fingerprint density at radius 2 is 1.92 bits per heavy atom. The maximum absolute atomic E-state index is 12.4. The first-order chi connectivity index (χ1) is 12.1. The molecule has 0 spiro atoms. The molecule has 5 nitrogen and oxygen atoms in total. The molecule has 124 valence electrons. The van der Waals surface area contributed by atoms with E-state index >= 15 is 0 Å². The minimum Gasteiger partial charge on any atom is -0.345 e. The second kappa shape index (κ2) is 7.24. The third-order valence-corrected chi connectivity index (χ3v) is 4.85. The Kier molecular flexibility index (Phi) is 4.87. The van der Waals surface area contributed by atoms with Crippen molar-refractivity contribution in [3.05, 3.63) is 64.7 Å². The van der Waals surface area contributed by atoms with E-state index in [1.807, 2.05) is 49.4 Å². The van der Waals surface area contributed by atoms with Crippen LogP contribution in [0.25, 0.3) is 10.2 Å². The summed E-state index contributed by atoms with van der Waals surface area (Å²) in [5.41, 5.74) is 2.29. The second-order valence-corrected chi connectivity index (χ2v) is 6.66. The third kappa shape index (κ3) is 3.73. The minimum atomic E-state index is -0.976. The van der Waals surface area contributed by atoms with Gasteiger partial charge in [-0.3, -0.25) is 9.59 Å². The molecule has 0 aliphatic heterocycles. The summed E-state index contributed by atoms with van der Waals surface area (Å²) < 4.78 is 0.925. The highest BCUT2D eigenvalue weighted by Crippen LogP contribution is 2.27. The summed E-state index contributed by atoms with van der Waals surface area (Å²) >= 11 is 1.32. The number of fused-ring (bicyclic) bond motifs is 1. The van der Waals surface area contributed by atoms with Crippen molar-refractivity contribution in [2.75, 3.05) is 6.54 Å². The highest BCUT2D eigenvalue weighted by atomic mass is 32.1. The summed E-state index contributed by atoms with van der Waals surface area (Å²) in [5, 5.41) is 12.4. The molecule has 0 radical (unpaired) electrons. The number of Topliss-reactive ketones (excluding diaryl/α,β-unsaturated/α-hetero) is 1. The number of hydrogen-bond acceptors (Lipinski definition) is 5. The number of aromatic nitrogens is 1. The second-order valence-electron chi connectivity index (χ2n) is 5.60. The standard InChI is InChI=1S/C19H15N3O2S/c1-12-6-8-13(9-7-12)18(24)21-11-16(23)14(10-20)19-22-15-4-2-3-5-17(15)25-19/h2-9,14H,11H2,1H3,(H,21,24)/t14-/m1/s1. The van der Waals surface area contributed by atoms with Crippen molar-refractivity contribution in [2.24, 2.45) is 0 Å². The summed E-state index contributed by atoms with van der Waals surface area (Å²) in [4.78, 5) is 28.8. The molecular formula is C19H15N3O2S. The number of hydrogen-bond donors (Lipinski definition) is 1. The number of nitrogens with one attached hydrogen (secondary N) is 1. The Morgan fingerprint density at radius 3 is 2.60 bits per heavy atom. The van der Waals surface area contributed by atoms with Gasteiger partial charge in [-0.15, -0.1) is 11.3 Å². The highest BCUT2D eigenvalue weighted by Gasteiger charge is 2.24. The molecule has 25 heavy (non-hydrogen) atoms. The van der Waals surface area contributed by atoms with Gasteiger partial charge in [0.1, 0.15) is 5.01 Å². The van der Waals surface area contributed by atoms with Crippen LogP contribution < -0.4 is 5.32 Å². The van der Waals surface area contributed by atoms with Gasteiger partial charge in [0.2, 0.25) is 0 Å². The quantitative estimate of drug-likeness (QED) is 0.767. The predicted molar refractivity (Wildman–Crippen MR) is 96.5 cm³/mol. The van der Waals surface area contributed by atoms with Crippen LogP contribution in [0.1, 0.15) is 26.8 Å². The maximum Gasteiger partial charge on any atom is 0.251 e. The van der Waals surface area contributed by atoms with E-state index in [2.05, 4.69) is 10.3 Å². The third-order valence-electron chi connectivity index (χ3n) is 3.75. The Labute approximate surface area is 148 Å². The van der Waals surface area contributed by atoms with Gasteiger partial charge in [0.15, 0.2) is 11.7 Å². The van der Waals surface area contributed by atoms with E-state index in [4.69, 9.17) is 0 Å². The molecule has 3 aromatic rings. The molecule has 2 aromatic carbocycles. The molecular weight excluding hydrogens is 334 g/mol. The lowest BCUT2D eigenvalue weighted by atomic mass is 10.1. The van der Waals surface area contributed by atoms with E-state index in [1.54, 1.807) is 12.1 Å². The molecule has 0 unspecified atom stereocenters. The van der Waals surface area contributed by atoms with E-state index in [9.17, 15) is 14.9 Å². The Balaban J connectivity index is 1.69. The topological polar surface area (TPSA) is 82.9 Å². The van der Waals surface area contributed by atoms with Crippen LogP contribution in [0.4, 0.5) is 0 Å². The van der Waals surface area contributed by atoms with Gasteiger partial charge in [0.05, 0.1) is 22.8 Å². The molecule has 1 N–H and O–H groups in total. The van der Waals surface area contributed by atoms with Crippen molar-refractivity contribution in [1.82, 2.24) is 10.3 Å². The van der Waals surface area contributed by atoms with Crippen LogP contribution in [-0.2, 0) is 4.79 Å². The van der Waals surface area contributed by atoms with Gasteiger partial charge in [-0.05, 0) is 31.2 Å². The van der Waals surface area contributed by atoms with E-state index in [0.717, 1.165) is 15.8 Å². The zero-order valence-electron chi connectivity index (χ0n) is 13.5. The zero-order chi connectivity index (χ0) is 17.8. The van der Waals surface area contributed by atoms with Gasteiger partial charge in [-0.1, -0.05) is 29.8 Å². The molecule has 0 saturated carbocycles. The largest absolute Gasteiger partial charge is 0.345 e. The van der Waals surface area contributed by atoms with Gasteiger partial charge in [0, 0.05) is 5.56 Å². The van der Waals surface area contributed by atoms with Crippen molar-refractivity contribution in [1.29, 1.82) is 5.26 Å². The molecule has 0 aliphatic carbocycles.